The minimum Gasteiger partial charge on any atom is -0.460 e. The van der Waals surface area contributed by atoms with Crippen LogP contribution in [0.1, 0.15) is 169 Å². The second-order valence-electron chi connectivity index (χ2n) is 15.3. The van der Waals surface area contributed by atoms with Crippen molar-refractivity contribution in [1.82, 2.24) is 15.5 Å². The van der Waals surface area contributed by atoms with Crippen LogP contribution in [0.3, 0.4) is 0 Å². The third-order valence-corrected chi connectivity index (χ3v) is 9.76. The Hall–Kier alpha value is -1.87. The fraction of sp³-hybridized carbons (Fsp3) is 0.921. The Morgan fingerprint density at radius 3 is 1.89 bits per heavy atom. The summed E-state index contributed by atoms with van der Waals surface area (Å²) in [5.41, 5.74) is -0.479. The molecule has 3 amide bonds. The molecule has 1 saturated carbocycles. The van der Waals surface area contributed by atoms with Crippen LogP contribution < -0.4 is 10.6 Å². The van der Waals surface area contributed by atoms with Crippen molar-refractivity contribution in [1.29, 1.82) is 0 Å². The predicted molar refractivity (Wildman–Crippen MR) is 189 cm³/mol. The first-order valence-electron chi connectivity index (χ1n) is 19.3. The Bertz CT molecular complexity index is 895. The number of carbonyl (C=O) groups is 3. The van der Waals surface area contributed by atoms with E-state index >= 15 is 0 Å². The van der Waals surface area contributed by atoms with Gasteiger partial charge in [0.1, 0.15) is 12.2 Å². The fourth-order valence-corrected chi connectivity index (χ4v) is 6.60. The van der Waals surface area contributed by atoms with E-state index < -0.39 is 17.3 Å². The van der Waals surface area contributed by atoms with Crippen LogP contribution in [0.2, 0.25) is 0 Å². The van der Waals surface area contributed by atoms with E-state index in [9.17, 15) is 14.4 Å². The minimum atomic E-state index is -0.837. The third-order valence-electron chi connectivity index (χ3n) is 9.76. The first kappa shape index (κ1) is 41.3. The highest BCUT2D eigenvalue weighted by Crippen LogP contribution is 2.35. The molecule has 1 saturated heterocycles. The molecule has 1 heterocycles. The monoisotopic (exact) mass is 666 g/mol. The van der Waals surface area contributed by atoms with Gasteiger partial charge >= 0.3 is 12.0 Å². The van der Waals surface area contributed by atoms with E-state index in [4.69, 9.17) is 14.2 Å². The van der Waals surface area contributed by atoms with Crippen molar-refractivity contribution in [3.05, 3.63) is 0 Å². The lowest BCUT2D eigenvalue weighted by Crippen LogP contribution is -2.56. The average molecular weight is 666 g/mol. The van der Waals surface area contributed by atoms with Crippen LogP contribution in [0.4, 0.5) is 4.79 Å². The number of hydrogen-bond donors (Lipinski definition) is 2. The highest BCUT2D eigenvalue weighted by atomic mass is 16.7. The van der Waals surface area contributed by atoms with Crippen LogP contribution >= 0.6 is 0 Å². The van der Waals surface area contributed by atoms with Crippen LogP contribution in [-0.2, 0) is 23.8 Å². The van der Waals surface area contributed by atoms with Gasteiger partial charge in [0.25, 0.3) is 0 Å². The van der Waals surface area contributed by atoms with Gasteiger partial charge in [0, 0.05) is 25.6 Å². The molecule has 0 spiro atoms. The Morgan fingerprint density at radius 1 is 0.787 bits per heavy atom. The van der Waals surface area contributed by atoms with E-state index in [1.165, 1.54) is 89.9 Å². The van der Waals surface area contributed by atoms with Gasteiger partial charge in [-0.05, 0) is 39.5 Å². The number of amides is 3. The smallest absolute Gasteiger partial charge is 0.317 e. The summed E-state index contributed by atoms with van der Waals surface area (Å²) < 4.78 is 17.4. The number of hydrogen-bond acceptors (Lipinski definition) is 6. The summed E-state index contributed by atoms with van der Waals surface area (Å²) in [5.74, 6) is -1.46. The fourth-order valence-electron chi connectivity index (χ4n) is 6.60. The molecule has 0 bridgehead atoms. The molecule has 1 aliphatic carbocycles. The number of ether oxygens (including phenoxy) is 3. The number of nitrogens with zero attached hydrogens (tertiary/aromatic N) is 1. The maximum Gasteiger partial charge on any atom is 0.317 e. The molecule has 0 aromatic carbocycles. The molecule has 1 aliphatic heterocycles. The minimum absolute atomic E-state index is 0.0646. The van der Waals surface area contributed by atoms with E-state index in [0.717, 1.165) is 45.1 Å². The van der Waals surface area contributed by atoms with E-state index in [1.54, 1.807) is 18.7 Å². The standard InChI is InChI=1S/C38H71N3O6/c1-7-8-9-10-11-12-13-14-15-16-17-18-19-20-21-24-29-41(6)36(44)40-31-25-22-23-26-32(31)46-33(42)27-28-39-35(43)34-37(2,3)30-45-38(4,5)47-34/h31-32,34H,7-30H2,1-6H3,(H,39,43)(H,40,44). The van der Waals surface area contributed by atoms with E-state index in [1.807, 2.05) is 20.9 Å². The van der Waals surface area contributed by atoms with Crippen LogP contribution in [0.5, 0.6) is 0 Å². The number of esters is 1. The Labute approximate surface area is 287 Å². The molecule has 2 aliphatic rings. The summed E-state index contributed by atoms with van der Waals surface area (Å²) in [6.07, 6.45) is 23.8. The summed E-state index contributed by atoms with van der Waals surface area (Å²) in [4.78, 5) is 40.2. The highest BCUT2D eigenvalue weighted by molar-refractivity contribution is 5.82. The third kappa shape index (κ3) is 17.4. The molecule has 3 atom stereocenters. The SMILES string of the molecule is CCCCCCCCCCCCCCCCCCN(C)C(=O)NC1CCCCC1OC(=O)CCNC(=O)C1OC(C)(C)OCC1(C)C. The molecule has 9 nitrogen and oxygen atoms in total. The molecule has 0 radical (unpaired) electrons. The lowest BCUT2D eigenvalue weighted by molar-refractivity contribution is -0.304. The topological polar surface area (TPSA) is 106 Å². The van der Waals surface area contributed by atoms with E-state index in [2.05, 4.69) is 17.6 Å². The second-order valence-corrected chi connectivity index (χ2v) is 15.3. The number of nitrogens with one attached hydrogen (secondary N) is 2. The largest absolute Gasteiger partial charge is 0.460 e. The van der Waals surface area contributed by atoms with Crippen molar-refractivity contribution in [3.8, 4) is 0 Å². The number of unbranched alkanes of at least 4 members (excludes halogenated alkanes) is 15. The molecule has 0 aromatic heterocycles. The van der Waals surface area contributed by atoms with Crippen molar-refractivity contribution in [2.45, 2.75) is 193 Å². The van der Waals surface area contributed by atoms with Gasteiger partial charge < -0.3 is 29.7 Å². The summed E-state index contributed by atoms with van der Waals surface area (Å²) in [7, 11) is 1.84. The van der Waals surface area contributed by atoms with Gasteiger partial charge in [-0.3, -0.25) is 9.59 Å². The normalized spacial score (nSPS) is 22.0. The molecule has 2 rings (SSSR count). The Balaban J connectivity index is 1.54. The average Bonchev–Trinajstić information content (AvgIpc) is 3.02. The first-order valence-corrected chi connectivity index (χ1v) is 19.3. The van der Waals surface area contributed by atoms with Gasteiger partial charge in [-0.15, -0.1) is 0 Å². The molecular formula is C38H71N3O6. The van der Waals surface area contributed by atoms with Crippen LogP contribution in [-0.4, -0.2) is 73.6 Å². The van der Waals surface area contributed by atoms with Crippen LogP contribution in [0.15, 0.2) is 0 Å². The van der Waals surface area contributed by atoms with Gasteiger partial charge in [-0.1, -0.05) is 124 Å². The van der Waals surface area contributed by atoms with E-state index in [-0.39, 0.29) is 43.0 Å². The van der Waals surface area contributed by atoms with Crippen molar-refractivity contribution in [3.63, 3.8) is 0 Å². The number of carbonyl (C=O) groups excluding carboxylic acids is 3. The first-order chi connectivity index (χ1) is 22.4. The van der Waals surface area contributed by atoms with Gasteiger partial charge in [-0.2, -0.15) is 0 Å². The number of urea groups is 1. The van der Waals surface area contributed by atoms with Gasteiger partial charge in [0.15, 0.2) is 5.79 Å². The van der Waals surface area contributed by atoms with Crippen molar-refractivity contribution in [2.24, 2.45) is 5.41 Å². The highest BCUT2D eigenvalue weighted by Gasteiger charge is 2.45. The molecular weight excluding hydrogens is 594 g/mol. The zero-order valence-corrected chi connectivity index (χ0v) is 31.1. The quantitative estimate of drug-likeness (QED) is 0.0838. The summed E-state index contributed by atoms with van der Waals surface area (Å²) >= 11 is 0. The summed E-state index contributed by atoms with van der Waals surface area (Å²) in [6.45, 7) is 11.0. The Kier molecular flexibility index (Phi) is 20.0. The molecule has 47 heavy (non-hydrogen) atoms. The van der Waals surface area contributed by atoms with Crippen molar-refractivity contribution < 1.29 is 28.6 Å². The molecule has 3 unspecified atom stereocenters. The molecule has 274 valence electrons. The summed E-state index contributed by atoms with van der Waals surface area (Å²) in [6, 6.07) is -0.296. The van der Waals surface area contributed by atoms with Crippen molar-refractivity contribution in [2.75, 3.05) is 26.7 Å². The van der Waals surface area contributed by atoms with E-state index in [0.29, 0.717) is 6.61 Å². The lowest BCUT2D eigenvalue weighted by Gasteiger charge is -2.44. The molecule has 0 aromatic rings. The Morgan fingerprint density at radius 2 is 1.32 bits per heavy atom. The zero-order chi connectivity index (χ0) is 34.5. The molecule has 2 fully saturated rings. The zero-order valence-electron chi connectivity index (χ0n) is 31.1. The lowest BCUT2D eigenvalue weighted by atomic mass is 9.85. The second kappa shape index (κ2) is 22.7. The maximum atomic E-state index is 12.9. The van der Waals surface area contributed by atoms with Gasteiger partial charge in [-0.25, -0.2) is 4.79 Å². The van der Waals surface area contributed by atoms with Crippen molar-refractivity contribution >= 4 is 17.9 Å². The molecule has 9 heteroatoms. The maximum absolute atomic E-state index is 12.9. The number of rotatable bonds is 23. The molecule has 2 N–H and O–H groups in total. The van der Waals surface area contributed by atoms with Gasteiger partial charge in [0.05, 0.1) is 19.1 Å². The van der Waals surface area contributed by atoms with Crippen LogP contribution in [0.25, 0.3) is 0 Å². The van der Waals surface area contributed by atoms with Gasteiger partial charge in [0.2, 0.25) is 5.91 Å². The van der Waals surface area contributed by atoms with Crippen LogP contribution in [0, 0.1) is 5.41 Å². The predicted octanol–water partition coefficient (Wildman–Crippen LogP) is 8.43. The summed E-state index contributed by atoms with van der Waals surface area (Å²) in [5, 5.41) is 5.96.